The molecule has 0 saturated carbocycles. The van der Waals surface area contributed by atoms with Crippen LogP contribution in [0.2, 0.25) is 0 Å². The highest BCUT2D eigenvalue weighted by molar-refractivity contribution is 5.67. The number of hydrogen-bond acceptors (Lipinski definition) is 3. The van der Waals surface area contributed by atoms with Gasteiger partial charge in [0.15, 0.2) is 0 Å². The van der Waals surface area contributed by atoms with Crippen molar-refractivity contribution in [2.45, 2.75) is 25.8 Å². The van der Waals surface area contributed by atoms with Crippen LogP contribution < -0.4 is 5.32 Å². The normalized spacial score (nSPS) is 30.5. The van der Waals surface area contributed by atoms with Crippen molar-refractivity contribution >= 4 is 6.09 Å². The third kappa shape index (κ3) is 2.00. The Bertz CT molecular complexity index is 208. The highest BCUT2D eigenvalue weighted by atomic mass is 16.6. The van der Waals surface area contributed by atoms with E-state index in [1.54, 1.807) is 0 Å². The molecule has 4 heteroatoms. The smallest absolute Gasteiger partial charge is 0.409 e. The quantitative estimate of drug-likeness (QED) is 0.714. The number of ether oxygens (including phenoxy) is 1. The summed E-state index contributed by atoms with van der Waals surface area (Å²) in [6.07, 6.45) is 1.98. The SMILES string of the molecule is CCCOC(=O)N1C[C@@H]2CN[C@@H](C2)C1. The number of nitrogens with zero attached hydrogens (tertiary/aromatic N) is 1. The van der Waals surface area contributed by atoms with Gasteiger partial charge < -0.3 is 15.0 Å². The fourth-order valence-corrected chi connectivity index (χ4v) is 2.26. The zero-order valence-corrected chi connectivity index (χ0v) is 8.66. The van der Waals surface area contributed by atoms with Crippen LogP contribution in [0, 0.1) is 5.92 Å². The molecule has 2 heterocycles. The Morgan fingerprint density at radius 2 is 2.43 bits per heavy atom. The molecule has 0 spiro atoms. The van der Waals surface area contributed by atoms with Crippen molar-refractivity contribution in [1.82, 2.24) is 10.2 Å². The van der Waals surface area contributed by atoms with Crippen LogP contribution in [0.1, 0.15) is 19.8 Å². The molecule has 0 unspecified atom stereocenters. The van der Waals surface area contributed by atoms with Crippen LogP contribution in [0.3, 0.4) is 0 Å². The number of carbonyl (C=O) groups is 1. The van der Waals surface area contributed by atoms with Gasteiger partial charge in [-0.3, -0.25) is 0 Å². The molecular weight excluding hydrogens is 180 g/mol. The van der Waals surface area contributed by atoms with Crippen LogP contribution in [0.5, 0.6) is 0 Å². The Labute approximate surface area is 84.6 Å². The van der Waals surface area contributed by atoms with Gasteiger partial charge in [0.2, 0.25) is 0 Å². The average Bonchev–Trinajstić information content (AvgIpc) is 2.54. The van der Waals surface area contributed by atoms with Crippen molar-refractivity contribution in [3.8, 4) is 0 Å². The molecule has 2 fully saturated rings. The van der Waals surface area contributed by atoms with E-state index in [0.717, 1.165) is 26.1 Å². The van der Waals surface area contributed by atoms with Gasteiger partial charge in [-0.25, -0.2) is 4.79 Å². The fraction of sp³-hybridized carbons (Fsp3) is 0.900. The molecule has 0 aromatic carbocycles. The molecule has 2 atom stereocenters. The van der Waals surface area contributed by atoms with Crippen molar-refractivity contribution in [3.63, 3.8) is 0 Å². The minimum atomic E-state index is -0.134. The Morgan fingerprint density at radius 3 is 3.14 bits per heavy atom. The number of amides is 1. The number of hydrogen-bond donors (Lipinski definition) is 1. The third-order valence-electron chi connectivity index (χ3n) is 2.92. The summed E-state index contributed by atoms with van der Waals surface area (Å²) in [6, 6.07) is 0.503. The number of carbonyl (C=O) groups excluding carboxylic acids is 1. The Morgan fingerprint density at radius 1 is 1.57 bits per heavy atom. The summed E-state index contributed by atoms with van der Waals surface area (Å²) in [5.74, 6) is 0.642. The number of rotatable bonds is 2. The van der Waals surface area contributed by atoms with Crippen LogP contribution in [0.25, 0.3) is 0 Å². The Balaban J connectivity index is 1.83. The van der Waals surface area contributed by atoms with Crippen molar-refractivity contribution in [1.29, 1.82) is 0 Å². The van der Waals surface area contributed by atoms with Crippen molar-refractivity contribution in [3.05, 3.63) is 0 Å². The second kappa shape index (κ2) is 4.17. The van der Waals surface area contributed by atoms with Crippen molar-refractivity contribution < 1.29 is 9.53 Å². The van der Waals surface area contributed by atoms with Crippen molar-refractivity contribution in [2.24, 2.45) is 5.92 Å². The van der Waals surface area contributed by atoms with E-state index in [1.807, 2.05) is 11.8 Å². The summed E-state index contributed by atoms with van der Waals surface area (Å²) in [6.45, 7) is 5.29. The van der Waals surface area contributed by atoms with E-state index in [-0.39, 0.29) is 6.09 Å². The van der Waals surface area contributed by atoms with E-state index in [1.165, 1.54) is 6.42 Å². The van der Waals surface area contributed by atoms with E-state index < -0.39 is 0 Å². The lowest BCUT2D eigenvalue weighted by molar-refractivity contribution is 0.0883. The summed E-state index contributed by atoms with van der Waals surface area (Å²) in [5.41, 5.74) is 0. The first kappa shape index (κ1) is 9.77. The maximum Gasteiger partial charge on any atom is 0.409 e. The van der Waals surface area contributed by atoms with Crippen LogP contribution >= 0.6 is 0 Å². The van der Waals surface area contributed by atoms with Gasteiger partial charge in [-0.1, -0.05) is 6.92 Å². The van der Waals surface area contributed by atoms with Crippen LogP contribution in [-0.4, -0.2) is 43.3 Å². The summed E-state index contributed by atoms with van der Waals surface area (Å²) in [5, 5.41) is 3.41. The van der Waals surface area contributed by atoms with Crippen molar-refractivity contribution in [2.75, 3.05) is 26.2 Å². The van der Waals surface area contributed by atoms with E-state index in [4.69, 9.17) is 4.74 Å². The Hall–Kier alpha value is -0.770. The standard InChI is InChI=1S/C10H18N2O2/c1-2-3-14-10(13)12-6-8-4-9(7-12)11-5-8/h8-9,11H,2-7H2,1H3/t8-,9-/m0/s1. The first-order valence-corrected chi connectivity index (χ1v) is 5.44. The molecule has 2 bridgehead atoms. The topological polar surface area (TPSA) is 41.6 Å². The molecule has 4 nitrogen and oxygen atoms in total. The zero-order valence-electron chi connectivity index (χ0n) is 8.66. The lowest BCUT2D eigenvalue weighted by Gasteiger charge is -2.30. The van der Waals surface area contributed by atoms with Gasteiger partial charge in [-0.05, 0) is 18.8 Å². The highest BCUT2D eigenvalue weighted by Gasteiger charge is 2.34. The number of piperidine rings is 1. The first-order chi connectivity index (χ1) is 6.79. The van der Waals surface area contributed by atoms with Gasteiger partial charge in [0.05, 0.1) is 6.61 Å². The van der Waals surface area contributed by atoms with Crippen LogP contribution in [-0.2, 0) is 4.74 Å². The maximum absolute atomic E-state index is 11.6. The van der Waals surface area contributed by atoms with Gasteiger partial charge in [-0.2, -0.15) is 0 Å². The number of likely N-dealkylation sites (tertiary alicyclic amines) is 1. The summed E-state index contributed by atoms with van der Waals surface area (Å²) >= 11 is 0. The predicted molar refractivity (Wildman–Crippen MR) is 53.1 cm³/mol. The van der Waals surface area contributed by atoms with Gasteiger partial charge in [-0.15, -0.1) is 0 Å². The van der Waals surface area contributed by atoms with E-state index in [0.29, 0.717) is 18.6 Å². The molecule has 80 valence electrons. The lowest BCUT2D eigenvalue weighted by atomic mass is 10.0. The monoisotopic (exact) mass is 198 g/mol. The zero-order chi connectivity index (χ0) is 9.97. The number of fused-ring (bicyclic) bond motifs is 2. The minimum Gasteiger partial charge on any atom is -0.449 e. The molecule has 2 rings (SSSR count). The summed E-state index contributed by atoms with van der Waals surface area (Å²) in [4.78, 5) is 13.4. The second-order valence-corrected chi connectivity index (χ2v) is 4.23. The highest BCUT2D eigenvalue weighted by Crippen LogP contribution is 2.22. The largest absolute Gasteiger partial charge is 0.449 e. The Kier molecular flexibility index (Phi) is 2.91. The summed E-state index contributed by atoms with van der Waals surface area (Å²) in [7, 11) is 0. The maximum atomic E-state index is 11.6. The van der Waals surface area contributed by atoms with E-state index in [9.17, 15) is 4.79 Å². The van der Waals surface area contributed by atoms with Gasteiger partial charge in [0, 0.05) is 25.7 Å². The molecule has 0 aromatic rings. The molecule has 2 saturated heterocycles. The molecule has 0 aliphatic carbocycles. The summed E-state index contributed by atoms with van der Waals surface area (Å²) < 4.78 is 5.11. The molecule has 0 aromatic heterocycles. The van der Waals surface area contributed by atoms with Gasteiger partial charge in [0.1, 0.15) is 0 Å². The molecule has 0 radical (unpaired) electrons. The van der Waals surface area contributed by atoms with Gasteiger partial charge in [0.25, 0.3) is 0 Å². The van der Waals surface area contributed by atoms with Crippen LogP contribution in [0.15, 0.2) is 0 Å². The molecule has 1 N–H and O–H groups in total. The van der Waals surface area contributed by atoms with Gasteiger partial charge >= 0.3 is 6.09 Å². The average molecular weight is 198 g/mol. The lowest BCUT2D eigenvalue weighted by Crippen LogP contribution is -2.44. The molecular formula is C10H18N2O2. The van der Waals surface area contributed by atoms with E-state index >= 15 is 0 Å². The fourth-order valence-electron chi connectivity index (χ4n) is 2.26. The number of nitrogens with one attached hydrogen (secondary N) is 1. The van der Waals surface area contributed by atoms with Crippen LogP contribution in [0.4, 0.5) is 4.79 Å². The van der Waals surface area contributed by atoms with E-state index in [2.05, 4.69) is 5.32 Å². The molecule has 1 amide bonds. The molecule has 14 heavy (non-hydrogen) atoms. The molecule has 2 aliphatic heterocycles. The minimum absolute atomic E-state index is 0.134. The predicted octanol–water partition coefficient (Wildman–Crippen LogP) is 0.827. The molecule has 2 aliphatic rings. The third-order valence-corrected chi connectivity index (χ3v) is 2.92. The second-order valence-electron chi connectivity index (χ2n) is 4.23. The first-order valence-electron chi connectivity index (χ1n) is 5.44.